The minimum atomic E-state index is 0.496. The molecule has 0 fully saturated rings. The van der Waals surface area contributed by atoms with E-state index in [0.29, 0.717) is 66.1 Å². The molecule has 138 valence electrons. The summed E-state index contributed by atoms with van der Waals surface area (Å²) >= 11 is 0. The summed E-state index contributed by atoms with van der Waals surface area (Å²) in [5.74, 6) is 1.52. The summed E-state index contributed by atoms with van der Waals surface area (Å²) in [5, 5.41) is 0. The van der Waals surface area contributed by atoms with Gasteiger partial charge in [-0.05, 0) is 26.0 Å². The van der Waals surface area contributed by atoms with Crippen molar-refractivity contribution >= 4 is 0 Å². The fraction of sp³-hybridized carbons (Fsp3) is 0.667. The van der Waals surface area contributed by atoms with E-state index in [1.165, 1.54) is 0 Å². The van der Waals surface area contributed by atoms with Gasteiger partial charge in [-0.2, -0.15) is 0 Å². The van der Waals surface area contributed by atoms with Crippen LogP contribution < -0.4 is 9.47 Å². The Kier molecular flexibility index (Phi) is 13.1. The van der Waals surface area contributed by atoms with Gasteiger partial charge in [-0.3, -0.25) is 0 Å². The molecular weight excluding hydrogens is 312 g/mol. The number of rotatable bonds is 16. The first kappa shape index (κ1) is 20.7. The Morgan fingerprint density at radius 3 is 1.46 bits per heavy atom. The van der Waals surface area contributed by atoms with Crippen LogP contribution in [0.2, 0.25) is 0 Å². The predicted octanol–water partition coefficient (Wildman–Crippen LogP) is 2.55. The van der Waals surface area contributed by atoms with Crippen molar-refractivity contribution in [1.29, 1.82) is 0 Å². The number of ether oxygens (including phenoxy) is 6. The summed E-state index contributed by atoms with van der Waals surface area (Å²) in [6.45, 7) is 9.82. The Labute approximate surface area is 144 Å². The van der Waals surface area contributed by atoms with E-state index in [-0.39, 0.29) is 0 Å². The van der Waals surface area contributed by atoms with Gasteiger partial charge in [-0.1, -0.05) is 6.07 Å². The molecule has 0 aliphatic carbocycles. The summed E-state index contributed by atoms with van der Waals surface area (Å²) in [6.07, 6.45) is 0. The van der Waals surface area contributed by atoms with Gasteiger partial charge in [-0.25, -0.2) is 0 Å². The minimum Gasteiger partial charge on any atom is -0.491 e. The van der Waals surface area contributed by atoms with Crippen molar-refractivity contribution in [2.75, 3.05) is 66.1 Å². The van der Waals surface area contributed by atoms with Crippen LogP contribution in [-0.4, -0.2) is 66.1 Å². The van der Waals surface area contributed by atoms with Gasteiger partial charge in [0.15, 0.2) is 0 Å². The van der Waals surface area contributed by atoms with Crippen molar-refractivity contribution in [2.24, 2.45) is 0 Å². The quantitative estimate of drug-likeness (QED) is 0.430. The number of hydrogen-bond donors (Lipinski definition) is 0. The third-order valence-corrected chi connectivity index (χ3v) is 2.95. The second-order valence-corrected chi connectivity index (χ2v) is 4.79. The molecule has 0 aliphatic rings. The minimum absolute atomic E-state index is 0.496. The van der Waals surface area contributed by atoms with Gasteiger partial charge in [0.25, 0.3) is 0 Å². The van der Waals surface area contributed by atoms with Crippen LogP contribution in [0.25, 0.3) is 0 Å². The molecule has 0 aromatic heterocycles. The monoisotopic (exact) mass is 342 g/mol. The molecule has 0 heterocycles. The second-order valence-electron chi connectivity index (χ2n) is 4.79. The van der Waals surface area contributed by atoms with Gasteiger partial charge in [0, 0.05) is 19.3 Å². The second kappa shape index (κ2) is 15.2. The molecular formula is C18H30O6. The van der Waals surface area contributed by atoms with Crippen LogP contribution in [-0.2, 0) is 18.9 Å². The highest BCUT2D eigenvalue weighted by molar-refractivity contribution is 5.32. The third-order valence-electron chi connectivity index (χ3n) is 2.95. The lowest BCUT2D eigenvalue weighted by atomic mass is 10.3. The van der Waals surface area contributed by atoms with Crippen LogP contribution >= 0.6 is 0 Å². The third kappa shape index (κ3) is 11.2. The Hall–Kier alpha value is -1.34. The van der Waals surface area contributed by atoms with Crippen LogP contribution in [0.5, 0.6) is 11.5 Å². The molecule has 1 rings (SSSR count). The maximum Gasteiger partial charge on any atom is 0.123 e. The van der Waals surface area contributed by atoms with Crippen molar-refractivity contribution in [1.82, 2.24) is 0 Å². The van der Waals surface area contributed by atoms with Crippen molar-refractivity contribution in [3.63, 3.8) is 0 Å². The maximum atomic E-state index is 5.63. The highest BCUT2D eigenvalue weighted by Gasteiger charge is 1.99. The topological polar surface area (TPSA) is 55.4 Å². The van der Waals surface area contributed by atoms with Gasteiger partial charge in [0.1, 0.15) is 24.7 Å². The largest absolute Gasteiger partial charge is 0.491 e. The zero-order chi connectivity index (χ0) is 17.3. The predicted molar refractivity (Wildman–Crippen MR) is 92.1 cm³/mol. The summed E-state index contributed by atoms with van der Waals surface area (Å²) in [6, 6.07) is 7.55. The molecule has 0 unspecified atom stereocenters. The summed E-state index contributed by atoms with van der Waals surface area (Å²) < 4.78 is 32.4. The van der Waals surface area contributed by atoms with Crippen LogP contribution in [0.3, 0.4) is 0 Å². The molecule has 0 atom stereocenters. The smallest absolute Gasteiger partial charge is 0.123 e. The van der Waals surface area contributed by atoms with E-state index in [4.69, 9.17) is 28.4 Å². The fourth-order valence-corrected chi connectivity index (χ4v) is 1.82. The van der Waals surface area contributed by atoms with E-state index in [2.05, 4.69) is 0 Å². The molecule has 1 aromatic rings. The van der Waals surface area contributed by atoms with Crippen LogP contribution in [0.1, 0.15) is 13.8 Å². The van der Waals surface area contributed by atoms with E-state index in [0.717, 1.165) is 11.5 Å². The van der Waals surface area contributed by atoms with Crippen molar-refractivity contribution in [3.8, 4) is 11.5 Å². The highest BCUT2D eigenvalue weighted by atomic mass is 16.6. The van der Waals surface area contributed by atoms with E-state index in [9.17, 15) is 0 Å². The molecule has 6 nitrogen and oxygen atoms in total. The summed E-state index contributed by atoms with van der Waals surface area (Å²) in [7, 11) is 0. The lowest BCUT2D eigenvalue weighted by Gasteiger charge is -2.10. The van der Waals surface area contributed by atoms with Crippen LogP contribution in [0.4, 0.5) is 0 Å². The molecule has 0 N–H and O–H groups in total. The van der Waals surface area contributed by atoms with Crippen LogP contribution in [0, 0.1) is 0 Å². The lowest BCUT2D eigenvalue weighted by molar-refractivity contribution is 0.0396. The van der Waals surface area contributed by atoms with Gasteiger partial charge in [0.2, 0.25) is 0 Å². The van der Waals surface area contributed by atoms with Crippen LogP contribution in [0.15, 0.2) is 24.3 Å². The average Bonchev–Trinajstić information content (AvgIpc) is 2.60. The van der Waals surface area contributed by atoms with E-state index in [1.807, 2.05) is 38.1 Å². The summed E-state index contributed by atoms with van der Waals surface area (Å²) in [5.41, 5.74) is 0. The van der Waals surface area contributed by atoms with E-state index in [1.54, 1.807) is 0 Å². The SMILES string of the molecule is CCOCCOCCOc1cccc(OCCOCCOCC)c1. The van der Waals surface area contributed by atoms with Crippen molar-refractivity contribution in [3.05, 3.63) is 24.3 Å². The standard InChI is InChI=1S/C18H30O6/c1-3-19-8-10-21-12-14-23-17-6-5-7-18(16-17)24-15-13-22-11-9-20-4-2/h5-7,16H,3-4,8-15H2,1-2H3. The molecule has 1 aromatic carbocycles. The first-order valence-corrected chi connectivity index (χ1v) is 8.53. The normalized spacial score (nSPS) is 10.8. The molecule has 0 amide bonds. The fourth-order valence-electron chi connectivity index (χ4n) is 1.82. The van der Waals surface area contributed by atoms with Gasteiger partial charge in [-0.15, -0.1) is 0 Å². The Morgan fingerprint density at radius 1 is 0.583 bits per heavy atom. The Bertz CT molecular complexity index is 366. The van der Waals surface area contributed by atoms with Gasteiger partial charge in [0.05, 0.1) is 39.6 Å². The maximum absolute atomic E-state index is 5.63. The highest BCUT2D eigenvalue weighted by Crippen LogP contribution is 2.19. The average molecular weight is 342 g/mol. The Morgan fingerprint density at radius 2 is 1.00 bits per heavy atom. The van der Waals surface area contributed by atoms with Gasteiger partial charge >= 0.3 is 0 Å². The number of hydrogen-bond acceptors (Lipinski definition) is 6. The molecule has 6 heteroatoms. The summed E-state index contributed by atoms with van der Waals surface area (Å²) in [4.78, 5) is 0. The molecule has 0 radical (unpaired) electrons. The van der Waals surface area contributed by atoms with Crippen molar-refractivity contribution in [2.45, 2.75) is 13.8 Å². The molecule has 0 saturated heterocycles. The van der Waals surface area contributed by atoms with Gasteiger partial charge < -0.3 is 28.4 Å². The Balaban J connectivity index is 2.08. The molecule has 24 heavy (non-hydrogen) atoms. The molecule has 0 aliphatic heterocycles. The molecule has 0 bridgehead atoms. The van der Waals surface area contributed by atoms with E-state index < -0.39 is 0 Å². The first-order chi connectivity index (χ1) is 11.9. The zero-order valence-electron chi connectivity index (χ0n) is 14.8. The van der Waals surface area contributed by atoms with Crippen molar-refractivity contribution < 1.29 is 28.4 Å². The first-order valence-electron chi connectivity index (χ1n) is 8.53. The molecule has 0 saturated carbocycles. The van der Waals surface area contributed by atoms with E-state index >= 15 is 0 Å². The molecule has 0 spiro atoms. The number of benzene rings is 1. The zero-order valence-corrected chi connectivity index (χ0v) is 14.8. The lowest BCUT2D eigenvalue weighted by Crippen LogP contribution is -2.11.